The van der Waals surface area contributed by atoms with E-state index in [0.29, 0.717) is 12.6 Å². The summed E-state index contributed by atoms with van der Waals surface area (Å²) in [5, 5.41) is 3.48. The Hall–Kier alpha value is -0.650. The fourth-order valence-corrected chi connectivity index (χ4v) is 3.78. The molecule has 5 nitrogen and oxygen atoms in total. The fourth-order valence-electron chi connectivity index (χ4n) is 3.78. The summed E-state index contributed by atoms with van der Waals surface area (Å²) >= 11 is 0. The van der Waals surface area contributed by atoms with Gasteiger partial charge in [0, 0.05) is 39.0 Å². The summed E-state index contributed by atoms with van der Waals surface area (Å²) in [5.41, 5.74) is 0.00232. The molecule has 0 bridgehead atoms. The minimum absolute atomic E-state index is 0.00232. The second-order valence-corrected chi connectivity index (χ2v) is 6.66. The third-order valence-electron chi connectivity index (χ3n) is 5.15. The normalized spacial score (nSPS) is 29.5. The number of hydrogen-bond acceptors (Lipinski definition) is 4. The van der Waals surface area contributed by atoms with Crippen molar-refractivity contribution in [3.05, 3.63) is 0 Å². The van der Waals surface area contributed by atoms with Gasteiger partial charge in [-0.05, 0) is 44.9 Å². The molecular formula is C16H28N2O3. The maximum Gasteiger partial charge on any atom is 0.236 e. The molecule has 3 aliphatic rings. The van der Waals surface area contributed by atoms with Crippen LogP contribution in [-0.4, -0.2) is 61.9 Å². The molecule has 0 aromatic rings. The standard InChI is InChI=1S/C16H28N2O3/c19-15(18-7-2-1-3-8-18)13-17-14-4-9-21-16(12-14)5-10-20-11-6-16/h14,17H,1-13H2. The molecule has 3 rings (SSSR count). The molecule has 0 aliphatic carbocycles. The van der Waals surface area contributed by atoms with Gasteiger partial charge in [0.25, 0.3) is 0 Å². The maximum atomic E-state index is 12.2. The second-order valence-electron chi connectivity index (χ2n) is 6.66. The number of likely N-dealkylation sites (tertiary alicyclic amines) is 1. The Morgan fingerprint density at radius 3 is 2.67 bits per heavy atom. The van der Waals surface area contributed by atoms with Gasteiger partial charge < -0.3 is 19.7 Å². The number of amides is 1. The van der Waals surface area contributed by atoms with E-state index in [9.17, 15) is 4.79 Å². The summed E-state index contributed by atoms with van der Waals surface area (Å²) in [6.07, 6.45) is 7.59. The van der Waals surface area contributed by atoms with Crippen molar-refractivity contribution in [2.75, 3.05) is 39.5 Å². The summed E-state index contributed by atoms with van der Waals surface area (Å²) in [5.74, 6) is 0.266. The predicted molar refractivity (Wildman–Crippen MR) is 80.2 cm³/mol. The quantitative estimate of drug-likeness (QED) is 0.853. The topological polar surface area (TPSA) is 50.8 Å². The first-order valence-electron chi connectivity index (χ1n) is 8.50. The van der Waals surface area contributed by atoms with E-state index in [0.717, 1.165) is 71.4 Å². The van der Waals surface area contributed by atoms with Gasteiger partial charge in [0.05, 0.1) is 12.1 Å². The highest BCUT2D eigenvalue weighted by molar-refractivity contribution is 5.78. The third-order valence-corrected chi connectivity index (χ3v) is 5.15. The average molecular weight is 296 g/mol. The van der Waals surface area contributed by atoms with Gasteiger partial charge in [-0.3, -0.25) is 4.79 Å². The van der Waals surface area contributed by atoms with Crippen LogP contribution in [0.4, 0.5) is 0 Å². The van der Waals surface area contributed by atoms with Crippen molar-refractivity contribution in [1.29, 1.82) is 0 Å². The first-order valence-corrected chi connectivity index (χ1v) is 8.50. The van der Waals surface area contributed by atoms with Crippen molar-refractivity contribution in [3.8, 4) is 0 Å². The van der Waals surface area contributed by atoms with Gasteiger partial charge in [0.2, 0.25) is 5.91 Å². The lowest BCUT2D eigenvalue weighted by molar-refractivity contribution is -0.142. The summed E-state index contributed by atoms with van der Waals surface area (Å²) in [6.45, 7) is 4.77. The predicted octanol–water partition coefficient (Wildman–Crippen LogP) is 1.32. The molecule has 1 amide bonds. The van der Waals surface area contributed by atoms with Crippen LogP contribution in [0.2, 0.25) is 0 Å². The van der Waals surface area contributed by atoms with Gasteiger partial charge in [0.15, 0.2) is 0 Å². The van der Waals surface area contributed by atoms with Crippen LogP contribution in [0.3, 0.4) is 0 Å². The van der Waals surface area contributed by atoms with Crippen molar-refractivity contribution in [3.63, 3.8) is 0 Å². The molecule has 3 fully saturated rings. The lowest BCUT2D eigenvalue weighted by Crippen LogP contribution is -2.51. The van der Waals surface area contributed by atoms with Gasteiger partial charge in [-0.25, -0.2) is 0 Å². The van der Waals surface area contributed by atoms with E-state index in [-0.39, 0.29) is 11.5 Å². The second kappa shape index (κ2) is 7.07. The number of nitrogens with zero attached hydrogens (tertiary/aromatic N) is 1. The molecule has 21 heavy (non-hydrogen) atoms. The Morgan fingerprint density at radius 2 is 1.90 bits per heavy atom. The van der Waals surface area contributed by atoms with E-state index >= 15 is 0 Å². The van der Waals surface area contributed by atoms with Crippen LogP contribution in [0.5, 0.6) is 0 Å². The smallest absolute Gasteiger partial charge is 0.236 e. The van der Waals surface area contributed by atoms with Gasteiger partial charge in [-0.1, -0.05) is 0 Å². The molecule has 1 N–H and O–H groups in total. The third kappa shape index (κ3) is 3.96. The molecule has 0 aromatic heterocycles. The van der Waals surface area contributed by atoms with E-state index in [2.05, 4.69) is 5.32 Å². The van der Waals surface area contributed by atoms with Crippen LogP contribution in [0.15, 0.2) is 0 Å². The number of nitrogens with one attached hydrogen (secondary N) is 1. The van der Waals surface area contributed by atoms with Crippen molar-refractivity contribution in [2.24, 2.45) is 0 Å². The van der Waals surface area contributed by atoms with Crippen molar-refractivity contribution >= 4 is 5.91 Å². The zero-order valence-corrected chi connectivity index (χ0v) is 12.9. The van der Waals surface area contributed by atoms with Gasteiger partial charge in [-0.15, -0.1) is 0 Å². The first kappa shape index (κ1) is 15.3. The molecule has 120 valence electrons. The van der Waals surface area contributed by atoms with Gasteiger partial charge >= 0.3 is 0 Å². The molecule has 3 heterocycles. The molecule has 1 unspecified atom stereocenters. The highest BCUT2D eigenvalue weighted by Gasteiger charge is 2.39. The van der Waals surface area contributed by atoms with Crippen molar-refractivity contribution in [1.82, 2.24) is 10.2 Å². The van der Waals surface area contributed by atoms with Crippen LogP contribution in [0.1, 0.15) is 44.9 Å². The highest BCUT2D eigenvalue weighted by atomic mass is 16.5. The summed E-state index contributed by atoms with van der Waals surface area (Å²) in [4.78, 5) is 14.2. The maximum absolute atomic E-state index is 12.2. The highest BCUT2D eigenvalue weighted by Crippen LogP contribution is 2.34. The molecular weight excluding hydrogens is 268 g/mol. The lowest BCUT2D eigenvalue weighted by atomic mass is 9.84. The molecule has 1 atom stereocenters. The number of piperidine rings is 1. The van der Waals surface area contributed by atoms with Crippen LogP contribution in [0, 0.1) is 0 Å². The number of carbonyl (C=O) groups excluding carboxylic acids is 1. The zero-order valence-electron chi connectivity index (χ0n) is 12.9. The van der Waals surface area contributed by atoms with Crippen molar-refractivity contribution < 1.29 is 14.3 Å². The molecule has 0 aromatic carbocycles. The van der Waals surface area contributed by atoms with Crippen LogP contribution in [-0.2, 0) is 14.3 Å². The molecule has 0 radical (unpaired) electrons. The first-order chi connectivity index (χ1) is 10.3. The molecule has 3 saturated heterocycles. The molecule has 5 heteroatoms. The lowest BCUT2D eigenvalue weighted by Gasteiger charge is -2.43. The van der Waals surface area contributed by atoms with E-state index in [1.54, 1.807) is 0 Å². The average Bonchev–Trinajstić information content (AvgIpc) is 2.54. The summed E-state index contributed by atoms with van der Waals surface area (Å²) < 4.78 is 11.5. The Kier molecular flexibility index (Phi) is 5.14. The summed E-state index contributed by atoms with van der Waals surface area (Å²) in [7, 11) is 0. The Morgan fingerprint density at radius 1 is 1.14 bits per heavy atom. The van der Waals surface area contributed by atoms with Crippen LogP contribution < -0.4 is 5.32 Å². The summed E-state index contributed by atoms with van der Waals surface area (Å²) in [6, 6.07) is 0.408. The molecule has 1 spiro atoms. The Balaban J connectivity index is 1.45. The number of ether oxygens (including phenoxy) is 2. The Bertz CT molecular complexity index is 344. The largest absolute Gasteiger partial charge is 0.381 e. The van der Waals surface area contributed by atoms with Crippen molar-refractivity contribution in [2.45, 2.75) is 56.6 Å². The molecule has 3 aliphatic heterocycles. The fraction of sp³-hybridized carbons (Fsp3) is 0.938. The van der Waals surface area contributed by atoms with E-state index in [4.69, 9.17) is 9.47 Å². The van der Waals surface area contributed by atoms with Crippen LogP contribution >= 0.6 is 0 Å². The number of rotatable bonds is 3. The number of carbonyl (C=O) groups is 1. The van der Waals surface area contributed by atoms with Gasteiger partial charge in [0.1, 0.15) is 0 Å². The molecule has 0 saturated carbocycles. The SMILES string of the molecule is O=C(CNC1CCOC2(CCOCC2)C1)N1CCCCC1. The number of hydrogen-bond donors (Lipinski definition) is 1. The minimum Gasteiger partial charge on any atom is -0.381 e. The van der Waals surface area contributed by atoms with E-state index in [1.807, 2.05) is 4.90 Å². The zero-order chi connectivity index (χ0) is 14.5. The van der Waals surface area contributed by atoms with Gasteiger partial charge in [-0.2, -0.15) is 0 Å². The van der Waals surface area contributed by atoms with E-state index < -0.39 is 0 Å². The van der Waals surface area contributed by atoms with Crippen LogP contribution in [0.25, 0.3) is 0 Å². The van der Waals surface area contributed by atoms with E-state index in [1.165, 1.54) is 6.42 Å². The monoisotopic (exact) mass is 296 g/mol. The Labute approximate surface area is 127 Å². The minimum atomic E-state index is 0.00232.